The molecule has 0 fully saturated rings. The summed E-state index contributed by atoms with van der Waals surface area (Å²) in [5, 5.41) is 19.5. The molecule has 0 aliphatic heterocycles. The third-order valence-electron chi connectivity index (χ3n) is 3.22. The molecule has 0 aliphatic rings. The maximum absolute atomic E-state index is 10.0. The van der Waals surface area contributed by atoms with E-state index in [1.54, 1.807) is 19.1 Å². The quantitative estimate of drug-likeness (QED) is 0.781. The van der Waals surface area contributed by atoms with Crippen molar-refractivity contribution in [3.05, 3.63) is 47.0 Å². The van der Waals surface area contributed by atoms with E-state index in [0.717, 1.165) is 11.1 Å². The number of aryl methyl sites for hydroxylation is 2. The lowest BCUT2D eigenvalue weighted by Gasteiger charge is -2.10. The van der Waals surface area contributed by atoms with Crippen molar-refractivity contribution >= 4 is 0 Å². The van der Waals surface area contributed by atoms with Crippen LogP contribution in [0.1, 0.15) is 16.7 Å². The summed E-state index contributed by atoms with van der Waals surface area (Å²) in [6.07, 6.45) is 0. The maximum atomic E-state index is 10.0. The summed E-state index contributed by atoms with van der Waals surface area (Å²) < 4.78 is 0. The highest BCUT2D eigenvalue weighted by atomic mass is 16.3. The van der Waals surface area contributed by atoms with Crippen molar-refractivity contribution in [2.45, 2.75) is 20.8 Å². The van der Waals surface area contributed by atoms with Crippen LogP contribution in [-0.2, 0) is 0 Å². The van der Waals surface area contributed by atoms with Gasteiger partial charge in [0.1, 0.15) is 11.5 Å². The summed E-state index contributed by atoms with van der Waals surface area (Å²) in [5.74, 6) is 0.267. The molecule has 0 aromatic heterocycles. The predicted molar refractivity (Wildman–Crippen MR) is 69.4 cm³/mol. The van der Waals surface area contributed by atoms with Crippen LogP contribution in [0.15, 0.2) is 30.3 Å². The Labute approximate surface area is 101 Å². The van der Waals surface area contributed by atoms with Crippen LogP contribution < -0.4 is 0 Å². The van der Waals surface area contributed by atoms with Gasteiger partial charge in [0, 0.05) is 11.1 Å². The van der Waals surface area contributed by atoms with Gasteiger partial charge in [0.15, 0.2) is 0 Å². The second-order valence-corrected chi connectivity index (χ2v) is 4.40. The van der Waals surface area contributed by atoms with Gasteiger partial charge in [-0.1, -0.05) is 18.2 Å². The van der Waals surface area contributed by atoms with Gasteiger partial charge in [-0.15, -0.1) is 0 Å². The molecule has 2 aromatic carbocycles. The molecule has 0 spiro atoms. The number of phenolic OH excluding ortho intramolecular Hbond substituents is 2. The van der Waals surface area contributed by atoms with E-state index >= 15 is 0 Å². The molecule has 2 aromatic rings. The normalized spacial score (nSPS) is 10.5. The van der Waals surface area contributed by atoms with Crippen LogP contribution in [0.4, 0.5) is 0 Å². The third-order valence-corrected chi connectivity index (χ3v) is 3.22. The van der Waals surface area contributed by atoms with Crippen molar-refractivity contribution in [2.24, 2.45) is 0 Å². The molecule has 0 saturated carbocycles. The van der Waals surface area contributed by atoms with E-state index in [0.29, 0.717) is 5.56 Å². The minimum absolute atomic E-state index is 0.120. The highest BCUT2D eigenvalue weighted by Crippen LogP contribution is 2.36. The zero-order valence-electron chi connectivity index (χ0n) is 10.3. The molecule has 2 N–H and O–H groups in total. The molecule has 0 heterocycles. The molecule has 2 rings (SSSR count). The lowest BCUT2D eigenvalue weighted by Crippen LogP contribution is -1.86. The molecule has 17 heavy (non-hydrogen) atoms. The smallest absolute Gasteiger partial charge is 0.129 e. The molecule has 0 bridgehead atoms. The van der Waals surface area contributed by atoms with Crippen molar-refractivity contribution < 1.29 is 10.2 Å². The minimum atomic E-state index is 0.120. The van der Waals surface area contributed by atoms with Gasteiger partial charge in [-0.3, -0.25) is 0 Å². The van der Waals surface area contributed by atoms with Crippen LogP contribution in [0.5, 0.6) is 11.5 Å². The van der Waals surface area contributed by atoms with Crippen LogP contribution in [0.25, 0.3) is 11.1 Å². The zero-order chi connectivity index (χ0) is 12.6. The fraction of sp³-hybridized carbons (Fsp3) is 0.200. The summed E-state index contributed by atoms with van der Waals surface area (Å²) in [6.45, 7) is 5.80. The minimum Gasteiger partial charge on any atom is -0.508 e. The molecule has 0 amide bonds. The Balaban J connectivity index is 2.61. The molecular formula is C15H16O2. The van der Waals surface area contributed by atoms with Crippen LogP contribution in [0, 0.1) is 20.8 Å². The average molecular weight is 228 g/mol. The second-order valence-electron chi connectivity index (χ2n) is 4.40. The Morgan fingerprint density at radius 1 is 0.824 bits per heavy atom. The topological polar surface area (TPSA) is 40.5 Å². The second kappa shape index (κ2) is 4.13. The van der Waals surface area contributed by atoms with Gasteiger partial charge in [0.25, 0.3) is 0 Å². The van der Waals surface area contributed by atoms with Crippen LogP contribution in [0.2, 0.25) is 0 Å². The van der Waals surface area contributed by atoms with Crippen LogP contribution >= 0.6 is 0 Å². The summed E-state index contributed by atoms with van der Waals surface area (Å²) in [6, 6.07) is 9.41. The van der Waals surface area contributed by atoms with Crippen molar-refractivity contribution in [1.29, 1.82) is 0 Å². The van der Waals surface area contributed by atoms with Gasteiger partial charge < -0.3 is 10.2 Å². The van der Waals surface area contributed by atoms with Gasteiger partial charge in [0.05, 0.1) is 0 Å². The fourth-order valence-electron chi connectivity index (χ4n) is 1.83. The van der Waals surface area contributed by atoms with Crippen LogP contribution in [0.3, 0.4) is 0 Å². The number of aromatic hydroxyl groups is 2. The number of hydrogen-bond donors (Lipinski definition) is 2. The molecule has 0 aliphatic carbocycles. The Bertz CT molecular complexity index is 571. The van der Waals surface area contributed by atoms with Gasteiger partial charge in [0.2, 0.25) is 0 Å². The van der Waals surface area contributed by atoms with Gasteiger partial charge in [-0.25, -0.2) is 0 Å². The van der Waals surface area contributed by atoms with E-state index in [4.69, 9.17) is 0 Å². The first-order valence-electron chi connectivity index (χ1n) is 5.60. The summed E-state index contributed by atoms with van der Waals surface area (Å²) in [4.78, 5) is 0. The summed E-state index contributed by atoms with van der Waals surface area (Å²) >= 11 is 0. The SMILES string of the molecule is Cc1ccc(-c2ccc(O)c(C)c2O)cc1C. The van der Waals surface area contributed by atoms with E-state index in [-0.39, 0.29) is 11.5 Å². The van der Waals surface area contributed by atoms with Gasteiger partial charge in [-0.05, 0) is 49.6 Å². The standard InChI is InChI=1S/C15H16O2/c1-9-4-5-12(8-10(9)2)13-6-7-14(16)11(3)15(13)17/h4-8,16-17H,1-3H3. The van der Waals surface area contributed by atoms with Crippen molar-refractivity contribution in [1.82, 2.24) is 0 Å². The third kappa shape index (κ3) is 1.98. The first-order valence-corrected chi connectivity index (χ1v) is 5.60. The Hall–Kier alpha value is -1.96. The number of rotatable bonds is 1. The zero-order valence-corrected chi connectivity index (χ0v) is 10.3. The Morgan fingerprint density at radius 3 is 2.18 bits per heavy atom. The first-order chi connectivity index (χ1) is 8.00. The van der Waals surface area contributed by atoms with Gasteiger partial charge >= 0.3 is 0 Å². The highest BCUT2D eigenvalue weighted by Gasteiger charge is 2.10. The van der Waals surface area contributed by atoms with Crippen molar-refractivity contribution in [2.75, 3.05) is 0 Å². The van der Waals surface area contributed by atoms with E-state index in [9.17, 15) is 10.2 Å². The van der Waals surface area contributed by atoms with E-state index < -0.39 is 0 Å². The first kappa shape index (κ1) is 11.5. The number of hydrogen-bond acceptors (Lipinski definition) is 2. The molecule has 88 valence electrons. The fourth-order valence-corrected chi connectivity index (χ4v) is 1.83. The van der Waals surface area contributed by atoms with Crippen LogP contribution in [-0.4, -0.2) is 10.2 Å². The summed E-state index contributed by atoms with van der Waals surface area (Å²) in [7, 11) is 0. The number of benzene rings is 2. The monoisotopic (exact) mass is 228 g/mol. The molecular weight excluding hydrogens is 212 g/mol. The molecule has 0 saturated heterocycles. The predicted octanol–water partition coefficient (Wildman–Crippen LogP) is 3.69. The molecule has 2 nitrogen and oxygen atoms in total. The molecule has 2 heteroatoms. The maximum Gasteiger partial charge on any atom is 0.129 e. The number of phenols is 2. The van der Waals surface area contributed by atoms with E-state index in [2.05, 4.69) is 6.92 Å². The summed E-state index contributed by atoms with van der Waals surface area (Å²) in [5.41, 5.74) is 4.65. The lowest BCUT2D eigenvalue weighted by molar-refractivity contribution is 0.444. The average Bonchev–Trinajstić information content (AvgIpc) is 2.30. The molecule has 0 radical (unpaired) electrons. The van der Waals surface area contributed by atoms with Crippen molar-refractivity contribution in [3.8, 4) is 22.6 Å². The lowest BCUT2D eigenvalue weighted by atomic mass is 9.98. The highest BCUT2D eigenvalue weighted by molar-refractivity contribution is 5.74. The largest absolute Gasteiger partial charge is 0.508 e. The van der Waals surface area contributed by atoms with E-state index in [1.807, 2.05) is 25.1 Å². The van der Waals surface area contributed by atoms with E-state index in [1.165, 1.54) is 11.1 Å². The van der Waals surface area contributed by atoms with Crippen molar-refractivity contribution in [3.63, 3.8) is 0 Å². The molecule has 0 atom stereocenters. The Morgan fingerprint density at radius 2 is 1.53 bits per heavy atom. The Kier molecular flexibility index (Phi) is 2.80. The molecule has 0 unspecified atom stereocenters. The van der Waals surface area contributed by atoms with Gasteiger partial charge in [-0.2, -0.15) is 0 Å².